The van der Waals surface area contributed by atoms with Gasteiger partial charge in [0.15, 0.2) is 0 Å². The largest absolute Gasteiger partial charge is 0.378 e. The predicted molar refractivity (Wildman–Crippen MR) is 68.1 cm³/mol. The molecule has 1 N–H and O–H groups in total. The Hall–Kier alpha value is 0.230. The summed E-state index contributed by atoms with van der Waals surface area (Å²) in [5.74, 6) is 0. The van der Waals surface area contributed by atoms with Crippen molar-refractivity contribution in [1.82, 2.24) is 10.3 Å². The zero-order chi connectivity index (χ0) is 10.8. The van der Waals surface area contributed by atoms with Crippen molar-refractivity contribution in [1.29, 1.82) is 0 Å². The Morgan fingerprint density at radius 2 is 2.12 bits per heavy atom. The SMILES string of the molecule is Cl.Clc1cnc(Cl)c(Cl)c1[C@H]1COCCN1. The minimum atomic E-state index is -0.0146. The van der Waals surface area contributed by atoms with E-state index < -0.39 is 0 Å². The lowest BCUT2D eigenvalue weighted by Gasteiger charge is -2.25. The molecular formula is C9H10Cl4N2O. The quantitative estimate of drug-likeness (QED) is 0.810. The lowest BCUT2D eigenvalue weighted by molar-refractivity contribution is 0.0769. The van der Waals surface area contributed by atoms with Crippen molar-refractivity contribution in [2.24, 2.45) is 0 Å². The van der Waals surface area contributed by atoms with Crippen molar-refractivity contribution in [2.45, 2.75) is 6.04 Å². The zero-order valence-electron chi connectivity index (χ0n) is 8.17. The highest BCUT2D eigenvalue weighted by Crippen LogP contribution is 2.34. The molecule has 0 aromatic carbocycles. The second-order valence-corrected chi connectivity index (χ2v) is 4.35. The summed E-state index contributed by atoms with van der Waals surface area (Å²) in [5.41, 5.74) is 0.762. The van der Waals surface area contributed by atoms with E-state index in [1.807, 2.05) is 0 Å². The predicted octanol–water partition coefficient (Wildman–Crippen LogP) is 3.12. The molecule has 1 aliphatic heterocycles. The highest BCUT2D eigenvalue weighted by molar-refractivity contribution is 6.43. The molecule has 2 rings (SSSR count). The van der Waals surface area contributed by atoms with Gasteiger partial charge < -0.3 is 10.1 Å². The van der Waals surface area contributed by atoms with E-state index in [-0.39, 0.29) is 23.6 Å². The second-order valence-electron chi connectivity index (χ2n) is 3.21. The van der Waals surface area contributed by atoms with Crippen LogP contribution in [0.15, 0.2) is 6.20 Å². The van der Waals surface area contributed by atoms with E-state index in [0.29, 0.717) is 23.3 Å². The van der Waals surface area contributed by atoms with Gasteiger partial charge in [0.1, 0.15) is 5.15 Å². The number of pyridine rings is 1. The summed E-state index contributed by atoms with van der Waals surface area (Å²) in [6.07, 6.45) is 1.50. The van der Waals surface area contributed by atoms with Gasteiger partial charge in [0.05, 0.1) is 29.3 Å². The number of nitrogens with one attached hydrogen (secondary N) is 1. The molecule has 90 valence electrons. The standard InChI is InChI=1S/C9H9Cl3N2O.ClH/c10-5-3-14-9(12)8(11)7(5)6-4-15-2-1-13-6;/h3,6,13H,1-2,4H2;1H/t6-;/m1./s1. The molecule has 16 heavy (non-hydrogen) atoms. The third-order valence-electron chi connectivity index (χ3n) is 2.24. The summed E-state index contributed by atoms with van der Waals surface area (Å²) in [4.78, 5) is 3.87. The van der Waals surface area contributed by atoms with Crippen molar-refractivity contribution >= 4 is 47.2 Å². The van der Waals surface area contributed by atoms with Crippen molar-refractivity contribution in [3.05, 3.63) is 27.0 Å². The van der Waals surface area contributed by atoms with Crippen LogP contribution in [-0.2, 0) is 4.74 Å². The van der Waals surface area contributed by atoms with Gasteiger partial charge in [-0.15, -0.1) is 12.4 Å². The van der Waals surface area contributed by atoms with Crippen molar-refractivity contribution < 1.29 is 4.74 Å². The smallest absolute Gasteiger partial charge is 0.148 e. The zero-order valence-corrected chi connectivity index (χ0v) is 11.3. The summed E-state index contributed by atoms with van der Waals surface area (Å²) >= 11 is 17.9. The Morgan fingerprint density at radius 1 is 1.38 bits per heavy atom. The molecular weight excluding hydrogens is 294 g/mol. The molecule has 1 saturated heterocycles. The van der Waals surface area contributed by atoms with Crippen LogP contribution in [0.2, 0.25) is 15.2 Å². The second kappa shape index (κ2) is 6.24. The van der Waals surface area contributed by atoms with Crippen molar-refractivity contribution in [3.63, 3.8) is 0 Å². The van der Waals surface area contributed by atoms with Crippen LogP contribution in [0.4, 0.5) is 0 Å². The summed E-state index contributed by atoms with van der Waals surface area (Å²) < 4.78 is 5.34. The van der Waals surface area contributed by atoms with Crippen LogP contribution in [0.1, 0.15) is 11.6 Å². The lowest BCUT2D eigenvalue weighted by atomic mass is 10.1. The van der Waals surface area contributed by atoms with E-state index in [1.54, 1.807) is 0 Å². The van der Waals surface area contributed by atoms with E-state index in [9.17, 15) is 0 Å². The molecule has 0 unspecified atom stereocenters. The average molecular weight is 304 g/mol. The van der Waals surface area contributed by atoms with E-state index in [0.717, 1.165) is 12.1 Å². The molecule has 1 aromatic rings. The number of nitrogens with zero attached hydrogens (tertiary/aromatic N) is 1. The maximum atomic E-state index is 6.06. The third-order valence-corrected chi connectivity index (χ3v) is 3.30. The molecule has 1 aromatic heterocycles. The number of rotatable bonds is 1. The van der Waals surface area contributed by atoms with Crippen LogP contribution in [0, 0.1) is 0 Å². The number of hydrogen-bond donors (Lipinski definition) is 1. The number of aromatic nitrogens is 1. The highest BCUT2D eigenvalue weighted by Gasteiger charge is 2.22. The van der Waals surface area contributed by atoms with E-state index in [1.165, 1.54) is 6.20 Å². The van der Waals surface area contributed by atoms with Crippen LogP contribution in [-0.4, -0.2) is 24.7 Å². The maximum Gasteiger partial charge on any atom is 0.148 e. The number of hydrogen-bond acceptors (Lipinski definition) is 3. The van der Waals surface area contributed by atoms with Gasteiger partial charge in [-0.2, -0.15) is 0 Å². The molecule has 1 fully saturated rings. The van der Waals surface area contributed by atoms with Gasteiger partial charge in [0.2, 0.25) is 0 Å². The Kier molecular flexibility index (Phi) is 5.57. The van der Waals surface area contributed by atoms with Gasteiger partial charge in [0.25, 0.3) is 0 Å². The first kappa shape index (κ1) is 14.3. The van der Waals surface area contributed by atoms with Gasteiger partial charge in [0, 0.05) is 18.3 Å². The average Bonchev–Trinajstić information content (AvgIpc) is 2.26. The Bertz CT molecular complexity index is 369. The molecule has 0 spiro atoms. The van der Waals surface area contributed by atoms with E-state index in [4.69, 9.17) is 39.5 Å². The lowest BCUT2D eigenvalue weighted by Crippen LogP contribution is -2.35. The van der Waals surface area contributed by atoms with Crippen LogP contribution in [0.5, 0.6) is 0 Å². The first-order valence-electron chi connectivity index (χ1n) is 4.50. The fourth-order valence-corrected chi connectivity index (χ4v) is 2.28. The van der Waals surface area contributed by atoms with Crippen LogP contribution in [0.3, 0.4) is 0 Å². The first-order chi connectivity index (χ1) is 7.20. The minimum absolute atomic E-state index is 0. The summed E-state index contributed by atoms with van der Waals surface area (Å²) in [7, 11) is 0. The molecule has 0 radical (unpaired) electrons. The van der Waals surface area contributed by atoms with Crippen LogP contribution in [0.25, 0.3) is 0 Å². The number of ether oxygens (including phenoxy) is 1. The monoisotopic (exact) mass is 302 g/mol. The van der Waals surface area contributed by atoms with Gasteiger partial charge >= 0.3 is 0 Å². The van der Waals surface area contributed by atoms with Gasteiger partial charge in [-0.25, -0.2) is 4.98 Å². The minimum Gasteiger partial charge on any atom is -0.378 e. The maximum absolute atomic E-state index is 6.06. The molecule has 0 bridgehead atoms. The van der Waals surface area contributed by atoms with Gasteiger partial charge in [-0.3, -0.25) is 0 Å². The normalized spacial score (nSPS) is 20.3. The fourth-order valence-electron chi connectivity index (χ4n) is 1.53. The first-order valence-corrected chi connectivity index (χ1v) is 5.64. The summed E-state index contributed by atoms with van der Waals surface area (Å²) in [5, 5.41) is 4.43. The molecule has 1 aliphatic rings. The van der Waals surface area contributed by atoms with Crippen LogP contribution >= 0.6 is 47.2 Å². The molecule has 0 saturated carbocycles. The number of morpholine rings is 1. The van der Waals surface area contributed by atoms with Gasteiger partial charge in [-0.1, -0.05) is 34.8 Å². The molecule has 0 aliphatic carbocycles. The topological polar surface area (TPSA) is 34.1 Å². The van der Waals surface area contributed by atoms with Crippen molar-refractivity contribution in [2.75, 3.05) is 19.8 Å². The van der Waals surface area contributed by atoms with E-state index >= 15 is 0 Å². The fraction of sp³-hybridized carbons (Fsp3) is 0.444. The molecule has 2 heterocycles. The molecule has 7 heteroatoms. The molecule has 0 amide bonds. The highest BCUT2D eigenvalue weighted by atomic mass is 35.5. The van der Waals surface area contributed by atoms with Crippen LogP contribution < -0.4 is 5.32 Å². The Balaban J connectivity index is 0.00000128. The Labute approximate surface area is 115 Å². The van der Waals surface area contributed by atoms with Crippen molar-refractivity contribution in [3.8, 4) is 0 Å². The Morgan fingerprint density at radius 3 is 2.75 bits per heavy atom. The van der Waals surface area contributed by atoms with Gasteiger partial charge in [-0.05, 0) is 0 Å². The summed E-state index contributed by atoms with van der Waals surface area (Å²) in [6, 6.07) is -0.0146. The third kappa shape index (κ3) is 2.92. The summed E-state index contributed by atoms with van der Waals surface area (Å²) in [6.45, 7) is 2.02. The number of halogens is 4. The van der Waals surface area contributed by atoms with E-state index in [2.05, 4.69) is 10.3 Å². The molecule has 1 atom stereocenters. The molecule has 3 nitrogen and oxygen atoms in total.